The van der Waals surface area contributed by atoms with Crippen LogP contribution in [0.15, 0.2) is 60.7 Å². The van der Waals surface area contributed by atoms with Gasteiger partial charge in [-0.3, -0.25) is 4.57 Å². The lowest BCUT2D eigenvalue weighted by molar-refractivity contribution is 0.491. The summed E-state index contributed by atoms with van der Waals surface area (Å²) in [5, 5.41) is 1.60. The molecule has 0 fully saturated rings. The van der Waals surface area contributed by atoms with Crippen LogP contribution < -0.4 is 10.6 Å². The number of benzene rings is 2. The molecule has 0 aliphatic rings. The first kappa shape index (κ1) is 17.2. The van der Waals surface area contributed by atoms with Crippen LogP contribution in [0.25, 0.3) is 0 Å². The number of hydrogen-bond acceptors (Lipinski definition) is 2. The minimum atomic E-state index is -3.03. The molecule has 0 bridgehead atoms. The van der Waals surface area contributed by atoms with Crippen LogP contribution in [0.4, 0.5) is 0 Å². The van der Waals surface area contributed by atoms with E-state index in [1.165, 1.54) is 0 Å². The Morgan fingerprint density at radius 2 is 1.14 bits per heavy atom. The zero-order chi connectivity index (χ0) is 16.1. The number of hydrogen-bond donors (Lipinski definition) is 0. The maximum atomic E-state index is 13.9. The van der Waals surface area contributed by atoms with Gasteiger partial charge in [0.1, 0.15) is 0 Å². The lowest BCUT2D eigenvalue weighted by atomic mass is 10.4. The minimum Gasteiger partial charge on any atom is -0.363 e. The first-order valence-corrected chi connectivity index (χ1v) is 12.2. The van der Waals surface area contributed by atoms with Gasteiger partial charge >= 0.3 is 0 Å². The van der Waals surface area contributed by atoms with Crippen LogP contribution in [0.3, 0.4) is 0 Å². The van der Waals surface area contributed by atoms with Crippen molar-refractivity contribution >= 4 is 26.3 Å². The fourth-order valence-corrected chi connectivity index (χ4v) is 10.2. The van der Waals surface area contributed by atoms with Crippen molar-refractivity contribution in [3.8, 4) is 0 Å². The molecule has 0 radical (unpaired) electrons. The van der Waals surface area contributed by atoms with Gasteiger partial charge in [-0.1, -0.05) is 57.2 Å². The third-order valence-corrected chi connectivity index (χ3v) is 12.8. The van der Waals surface area contributed by atoms with Gasteiger partial charge in [0, 0.05) is 10.6 Å². The Morgan fingerprint density at radius 3 is 1.45 bits per heavy atom. The van der Waals surface area contributed by atoms with E-state index in [1.807, 2.05) is 60.7 Å². The van der Waals surface area contributed by atoms with Gasteiger partial charge < -0.3 is 4.21 Å². The van der Waals surface area contributed by atoms with Crippen LogP contribution in [0.1, 0.15) is 20.8 Å². The van der Waals surface area contributed by atoms with Crippen molar-refractivity contribution < 1.29 is 8.78 Å². The standard InChI is InChI=1S/C18H25O2PSi/c1-4-22(5-2,6-3)20-21(19,17-13-9-7-10-14-17)18-15-11-8-12-16-18/h7-16H,4-6H2,1-3H3. The largest absolute Gasteiger partial charge is 0.363 e. The molecule has 118 valence electrons. The Kier molecular flexibility index (Phi) is 5.79. The Hall–Kier alpha value is -1.15. The fraction of sp³-hybridized carbons (Fsp3) is 0.333. The zero-order valence-corrected chi connectivity index (χ0v) is 15.6. The lowest BCUT2D eigenvalue weighted by Gasteiger charge is -2.33. The maximum absolute atomic E-state index is 13.9. The highest BCUT2D eigenvalue weighted by molar-refractivity contribution is 7.75. The summed E-state index contributed by atoms with van der Waals surface area (Å²) in [7, 11) is -5.01. The molecule has 0 saturated heterocycles. The molecule has 2 rings (SSSR count). The molecule has 0 unspecified atom stereocenters. The second-order valence-electron chi connectivity index (χ2n) is 5.56. The maximum Gasteiger partial charge on any atom is 0.251 e. The van der Waals surface area contributed by atoms with Crippen LogP contribution >= 0.6 is 7.37 Å². The summed E-state index contributed by atoms with van der Waals surface area (Å²) in [6, 6.07) is 22.3. The van der Waals surface area contributed by atoms with E-state index in [-0.39, 0.29) is 0 Å². The van der Waals surface area contributed by atoms with Crippen LogP contribution in [0.2, 0.25) is 18.1 Å². The number of rotatable bonds is 7. The van der Waals surface area contributed by atoms with E-state index < -0.39 is 15.7 Å². The summed E-state index contributed by atoms with van der Waals surface area (Å²) in [5.74, 6) is 0. The van der Waals surface area contributed by atoms with Crippen molar-refractivity contribution in [1.82, 2.24) is 0 Å². The van der Waals surface area contributed by atoms with Gasteiger partial charge in [0.25, 0.3) is 7.37 Å². The molecule has 22 heavy (non-hydrogen) atoms. The zero-order valence-electron chi connectivity index (χ0n) is 13.7. The normalized spacial score (nSPS) is 12.3. The topological polar surface area (TPSA) is 26.3 Å². The first-order valence-electron chi connectivity index (χ1n) is 8.02. The van der Waals surface area contributed by atoms with E-state index in [1.54, 1.807) is 0 Å². The predicted octanol–water partition coefficient (Wildman–Crippen LogP) is 4.94. The monoisotopic (exact) mass is 332 g/mol. The highest BCUT2D eigenvalue weighted by Gasteiger charge is 2.39. The molecule has 0 saturated carbocycles. The summed E-state index contributed by atoms with van der Waals surface area (Å²) in [4.78, 5) is 0. The Morgan fingerprint density at radius 1 is 0.773 bits per heavy atom. The van der Waals surface area contributed by atoms with E-state index in [2.05, 4.69) is 20.8 Å². The SMILES string of the molecule is CC[Si](CC)(CC)OP(=O)(c1ccccc1)c1ccccc1. The summed E-state index contributed by atoms with van der Waals surface area (Å²) in [6.45, 7) is 6.50. The molecule has 0 N–H and O–H groups in total. The molecule has 2 aromatic carbocycles. The molecular weight excluding hydrogens is 307 g/mol. The Balaban J connectivity index is 2.55. The van der Waals surface area contributed by atoms with Crippen molar-refractivity contribution in [2.24, 2.45) is 0 Å². The molecule has 2 aromatic rings. The summed E-state index contributed by atoms with van der Waals surface area (Å²) < 4.78 is 20.5. The molecular formula is C18H25O2PSi. The summed E-state index contributed by atoms with van der Waals surface area (Å²) >= 11 is 0. The van der Waals surface area contributed by atoms with E-state index in [4.69, 9.17) is 4.21 Å². The highest BCUT2D eigenvalue weighted by atomic mass is 31.2. The molecule has 0 heterocycles. The highest BCUT2D eigenvalue weighted by Crippen LogP contribution is 2.49. The minimum absolute atomic E-state index is 0.799. The summed E-state index contributed by atoms with van der Waals surface area (Å²) in [5.41, 5.74) is 0. The third-order valence-electron chi connectivity index (χ3n) is 4.45. The van der Waals surface area contributed by atoms with Gasteiger partial charge in [0.05, 0.1) is 0 Å². The molecule has 0 spiro atoms. The Labute approximate surface area is 135 Å². The van der Waals surface area contributed by atoms with Crippen LogP contribution in [-0.4, -0.2) is 8.32 Å². The van der Waals surface area contributed by atoms with E-state index >= 15 is 0 Å². The molecule has 0 atom stereocenters. The predicted molar refractivity (Wildman–Crippen MR) is 98.0 cm³/mol. The molecule has 2 nitrogen and oxygen atoms in total. The average molecular weight is 332 g/mol. The van der Waals surface area contributed by atoms with Crippen LogP contribution in [-0.2, 0) is 8.78 Å². The molecule has 0 amide bonds. The van der Waals surface area contributed by atoms with E-state index in [0.29, 0.717) is 0 Å². The Bertz CT molecular complexity index is 572. The average Bonchev–Trinajstić information content (AvgIpc) is 2.61. The van der Waals surface area contributed by atoms with E-state index in [9.17, 15) is 4.57 Å². The lowest BCUT2D eigenvalue weighted by Crippen LogP contribution is -2.38. The van der Waals surface area contributed by atoms with Crippen molar-refractivity contribution in [2.45, 2.75) is 38.9 Å². The van der Waals surface area contributed by atoms with Crippen molar-refractivity contribution in [3.05, 3.63) is 60.7 Å². The molecule has 0 aliphatic carbocycles. The smallest absolute Gasteiger partial charge is 0.251 e. The van der Waals surface area contributed by atoms with Gasteiger partial charge in [-0.15, -0.1) is 0 Å². The molecule has 0 aliphatic heterocycles. The van der Waals surface area contributed by atoms with Gasteiger partial charge in [-0.2, -0.15) is 0 Å². The second kappa shape index (κ2) is 7.41. The van der Waals surface area contributed by atoms with Crippen molar-refractivity contribution in [2.75, 3.05) is 0 Å². The van der Waals surface area contributed by atoms with E-state index in [0.717, 1.165) is 28.7 Å². The van der Waals surface area contributed by atoms with Crippen LogP contribution in [0, 0.1) is 0 Å². The van der Waals surface area contributed by atoms with Gasteiger partial charge in [0.2, 0.25) is 8.32 Å². The van der Waals surface area contributed by atoms with Gasteiger partial charge in [0.15, 0.2) is 0 Å². The third kappa shape index (κ3) is 3.43. The second-order valence-corrected chi connectivity index (χ2v) is 12.9. The van der Waals surface area contributed by atoms with Crippen molar-refractivity contribution in [3.63, 3.8) is 0 Å². The van der Waals surface area contributed by atoms with Crippen LogP contribution in [0.5, 0.6) is 0 Å². The van der Waals surface area contributed by atoms with Gasteiger partial charge in [-0.25, -0.2) is 0 Å². The molecule has 0 aromatic heterocycles. The fourth-order valence-electron chi connectivity index (χ4n) is 2.72. The summed E-state index contributed by atoms with van der Waals surface area (Å²) in [6.07, 6.45) is 0. The van der Waals surface area contributed by atoms with Crippen molar-refractivity contribution in [1.29, 1.82) is 0 Å². The first-order chi connectivity index (χ1) is 10.6. The quantitative estimate of drug-likeness (QED) is 0.530. The van der Waals surface area contributed by atoms with Gasteiger partial charge in [-0.05, 0) is 42.4 Å². The molecule has 4 heteroatoms.